The molecular weight excluding hydrogens is 202 g/mol. The molecule has 15 heavy (non-hydrogen) atoms. The van der Waals surface area contributed by atoms with E-state index in [1.807, 2.05) is 11.8 Å². The Morgan fingerprint density at radius 2 is 2.07 bits per heavy atom. The van der Waals surface area contributed by atoms with Crippen molar-refractivity contribution in [2.45, 2.75) is 37.1 Å². The predicted molar refractivity (Wildman–Crippen MR) is 68.2 cm³/mol. The van der Waals surface area contributed by atoms with Gasteiger partial charge in [0.2, 0.25) is 0 Å². The van der Waals surface area contributed by atoms with Gasteiger partial charge >= 0.3 is 0 Å². The SMILES string of the molecule is CSC1CCC(NCc2ccccc2)C1. The lowest BCUT2D eigenvalue weighted by molar-refractivity contribution is 0.525. The van der Waals surface area contributed by atoms with Crippen LogP contribution in [0.15, 0.2) is 30.3 Å². The highest BCUT2D eigenvalue weighted by molar-refractivity contribution is 7.99. The zero-order valence-electron chi connectivity index (χ0n) is 9.28. The van der Waals surface area contributed by atoms with Crippen molar-refractivity contribution in [1.29, 1.82) is 0 Å². The van der Waals surface area contributed by atoms with Gasteiger partial charge in [0.25, 0.3) is 0 Å². The normalized spacial score (nSPS) is 25.7. The zero-order valence-corrected chi connectivity index (χ0v) is 10.1. The van der Waals surface area contributed by atoms with Gasteiger partial charge in [0.05, 0.1) is 0 Å². The van der Waals surface area contributed by atoms with E-state index in [2.05, 4.69) is 41.9 Å². The van der Waals surface area contributed by atoms with Crippen LogP contribution in [0, 0.1) is 0 Å². The Morgan fingerprint density at radius 1 is 1.27 bits per heavy atom. The summed E-state index contributed by atoms with van der Waals surface area (Å²) in [5.41, 5.74) is 1.39. The third-order valence-corrected chi connectivity index (χ3v) is 4.25. The average Bonchev–Trinajstić information content (AvgIpc) is 2.76. The molecule has 2 atom stereocenters. The Kier molecular flexibility index (Phi) is 4.09. The van der Waals surface area contributed by atoms with E-state index in [0.717, 1.165) is 17.8 Å². The van der Waals surface area contributed by atoms with Crippen LogP contribution < -0.4 is 5.32 Å². The van der Waals surface area contributed by atoms with Gasteiger partial charge in [-0.15, -0.1) is 0 Å². The quantitative estimate of drug-likeness (QED) is 0.838. The van der Waals surface area contributed by atoms with Gasteiger partial charge in [-0.3, -0.25) is 0 Å². The maximum atomic E-state index is 3.65. The van der Waals surface area contributed by atoms with Crippen molar-refractivity contribution < 1.29 is 0 Å². The predicted octanol–water partition coefficient (Wildman–Crippen LogP) is 3.06. The first-order valence-electron chi connectivity index (χ1n) is 5.68. The number of rotatable bonds is 4. The molecule has 1 nitrogen and oxygen atoms in total. The molecule has 1 N–H and O–H groups in total. The van der Waals surface area contributed by atoms with Crippen molar-refractivity contribution >= 4 is 11.8 Å². The fourth-order valence-corrected chi connectivity index (χ4v) is 2.99. The van der Waals surface area contributed by atoms with Crippen molar-refractivity contribution in [3.8, 4) is 0 Å². The molecule has 1 aromatic rings. The summed E-state index contributed by atoms with van der Waals surface area (Å²) in [5, 5.41) is 4.54. The molecule has 0 aliphatic heterocycles. The lowest BCUT2D eigenvalue weighted by Crippen LogP contribution is -2.26. The van der Waals surface area contributed by atoms with Crippen molar-refractivity contribution in [1.82, 2.24) is 5.32 Å². The van der Waals surface area contributed by atoms with Gasteiger partial charge in [0.1, 0.15) is 0 Å². The van der Waals surface area contributed by atoms with Crippen LogP contribution >= 0.6 is 11.8 Å². The van der Waals surface area contributed by atoms with Crippen LogP contribution in [-0.4, -0.2) is 17.5 Å². The molecule has 1 fully saturated rings. The fourth-order valence-electron chi connectivity index (χ4n) is 2.20. The van der Waals surface area contributed by atoms with Gasteiger partial charge < -0.3 is 5.32 Å². The number of benzene rings is 1. The van der Waals surface area contributed by atoms with E-state index in [0.29, 0.717) is 0 Å². The van der Waals surface area contributed by atoms with Gasteiger partial charge in [-0.05, 0) is 31.1 Å². The summed E-state index contributed by atoms with van der Waals surface area (Å²) in [4.78, 5) is 0. The first-order valence-corrected chi connectivity index (χ1v) is 6.97. The van der Waals surface area contributed by atoms with E-state index in [4.69, 9.17) is 0 Å². The van der Waals surface area contributed by atoms with E-state index in [9.17, 15) is 0 Å². The molecule has 0 bridgehead atoms. The summed E-state index contributed by atoms with van der Waals surface area (Å²) in [5.74, 6) is 0. The molecule has 82 valence electrons. The van der Waals surface area contributed by atoms with Crippen molar-refractivity contribution in [3.05, 3.63) is 35.9 Å². The van der Waals surface area contributed by atoms with Crippen LogP contribution in [0.1, 0.15) is 24.8 Å². The average molecular weight is 221 g/mol. The molecule has 2 rings (SSSR count). The van der Waals surface area contributed by atoms with Crippen LogP contribution in [0.5, 0.6) is 0 Å². The van der Waals surface area contributed by atoms with Crippen molar-refractivity contribution in [2.75, 3.05) is 6.26 Å². The molecule has 0 aromatic heterocycles. The third-order valence-electron chi connectivity index (χ3n) is 3.16. The summed E-state index contributed by atoms with van der Waals surface area (Å²) >= 11 is 2.02. The van der Waals surface area contributed by atoms with E-state index in [1.165, 1.54) is 24.8 Å². The molecule has 1 aromatic carbocycles. The maximum Gasteiger partial charge on any atom is 0.0208 e. The van der Waals surface area contributed by atoms with Crippen LogP contribution in [-0.2, 0) is 6.54 Å². The minimum atomic E-state index is 0.739. The molecule has 1 aliphatic carbocycles. The van der Waals surface area contributed by atoms with Crippen LogP contribution in [0.2, 0.25) is 0 Å². The van der Waals surface area contributed by atoms with Gasteiger partial charge in [-0.1, -0.05) is 30.3 Å². The first-order chi connectivity index (χ1) is 7.38. The number of hydrogen-bond donors (Lipinski definition) is 1. The minimum absolute atomic E-state index is 0.739. The van der Waals surface area contributed by atoms with E-state index in [-0.39, 0.29) is 0 Å². The first kappa shape index (κ1) is 11.0. The molecule has 2 unspecified atom stereocenters. The van der Waals surface area contributed by atoms with Crippen molar-refractivity contribution in [2.24, 2.45) is 0 Å². The summed E-state index contributed by atoms with van der Waals surface area (Å²) in [6, 6.07) is 11.4. The monoisotopic (exact) mass is 221 g/mol. The molecule has 0 amide bonds. The summed E-state index contributed by atoms with van der Waals surface area (Å²) in [7, 11) is 0. The number of nitrogens with one attached hydrogen (secondary N) is 1. The van der Waals surface area contributed by atoms with Gasteiger partial charge in [0.15, 0.2) is 0 Å². The summed E-state index contributed by atoms with van der Waals surface area (Å²) in [6.45, 7) is 1.02. The second-order valence-corrected chi connectivity index (χ2v) is 5.37. The van der Waals surface area contributed by atoms with Gasteiger partial charge in [-0.2, -0.15) is 11.8 Å². The van der Waals surface area contributed by atoms with Gasteiger partial charge in [0, 0.05) is 17.8 Å². The van der Waals surface area contributed by atoms with E-state index >= 15 is 0 Å². The van der Waals surface area contributed by atoms with Crippen LogP contribution in [0.4, 0.5) is 0 Å². The highest BCUT2D eigenvalue weighted by Gasteiger charge is 2.22. The second-order valence-electron chi connectivity index (χ2n) is 4.23. The molecular formula is C13H19NS. The smallest absolute Gasteiger partial charge is 0.0208 e. The largest absolute Gasteiger partial charge is 0.310 e. The molecule has 0 radical (unpaired) electrons. The molecule has 1 saturated carbocycles. The molecule has 0 spiro atoms. The summed E-state index contributed by atoms with van der Waals surface area (Å²) in [6.07, 6.45) is 6.30. The summed E-state index contributed by atoms with van der Waals surface area (Å²) < 4.78 is 0. The number of thioether (sulfide) groups is 1. The number of hydrogen-bond acceptors (Lipinski definition) is 2. The lowest BCUT2D eigenvalue weighted by atomic mass is 10.2. The molecule has 2 heteroatoms. The second kappa shape index (κ2) is 5.57. The zero-order chi connectivity index (χ0) is 10.5. The lowest BCUT2D eigenvalue weighted by Gasteiger charge is -2.12. The molecule has 0 heterocycles. The standard InChI is InChI=1S/C13H19NS/c1-15-13-8-7-12(9-13)14-10-11-5-3-2-4-6-11/h2-6,12-14H,7-10H2,1H3. The highest BCUT2D eigenvalue weighted by Crippen LogP contribution is 2.28. The van der Waals surface area contributed by atoms with Crippen molar-refractivity contribution in [3.63, 3.8) is 0 Å². The van der Waals surface area contributed by atoms with Crippen LogP contribution in [0.3, 0.4) is 0 Å². The minimum Gasteiger partial charge on any atom is -0.310 e. The topological polar surface area (TPSA) is 12.0 Å². The third kappa shape index (κ3) is 3.25. The molecule has 1 aliphatic rings. The Morgan fingerprint density at radius 3 is 2.73 bits per heavy atom. The molecule has 0 saturated heterocycles. The highest BCUT2D eigenvalue weighted by atomic mass is 32.2. The maximum absolute atomic E-state index is 3.65. The Labute approximate surface area is 96.7 Å². The Hall–Kier alpha value is -0.470. The van der Waals surface area contributed by atoms with Gasteiger partial charge in [-0.25, -0.2) is 0 Å². The van der Waals surface area contributed by atoms with E-state index < -0.39 is 0 Å². The van der Waals surface area contributed by atoms with Crippen LogP contribution in [0.25, 0.3) is 0 Å². The van der Waals surface area contributed by atoms with E-state index in [1.54, 1.807) is 0 Å². The Balaban J connectivity index is 1.75. The fraction of sp³-hybridized carbons (Fsp3) is 0.538. The Bertz CT molecular complexity index is 286.